The van der Waals surface area contributed by atoms with E-state index in [0.29, 0.717) is 67.2 Å². The van der Waals surface area contributed by atoms with Gasteiger partial charge in [0.15, 0.2) is 6.61 Å². The minimum atomic E-state index is -4.66. The summed E-state index contributed by atoms with van der Waals surface area (Å²) in [5.74, 6) is -4.01. The number of ether oxygens (including phenoxy) is 2. The van der Waals surface area contributed by atoms with Crippen molar-refractivity contribution in [1.82, 2.24) is 35.6 Å². The highest BCUT2D eigenvalue weighted by atomic mass is 35.5. The van der Waals surface area contributed by atoms with Crippen LogP contribution >= 0.6 is 11.6 Å². The fourth-order valence-corrected chi connectivity index (χ4v) is 6.26. The van der Waals surface area contributed by atoms with Gasteiger partial charge in [-0.3, -0.25) is 14.4 Å². The number of carboxylic acids is 1. The third-order valence-corrected chi connectivity index (χ3v) is 9.72. The molecule has 2 aliphatic rings. The predicted molar refractivity (Wildman–Crippen MR) is 215 cm³/mol. The zero-order valence-corrected chi connectivity index (χ0v) is 32.6. The number of alkyl halides is 3. The second kappa shape index (κ2) is 18.1. The molecule has 7 N–H and O–H groups in total. The highest BCUT2D eigenvalue weighted by molar-refractivity contribution is 6.39. The van der Waals surface area contributed by atoms with Crippen LogP contribution in [0.25, 0.3) is 11.3 Å². The number of carbonyl (C=O) groups excluding carboxylic acids is 3. The van der Waals surface area contributed by atoms with Crippen LogP contribution in [0.1, 0.15) is 28.8 Å². The molecule has 22 heteroatoms. The first kappa shape index (κ1) is 42.1. The lowest BCUT2D eigenvalue weighted by molar-refractivity contribution is -0.154. The third kappa shape index (κ3) is 11.2. The number of amides is 3. The Morgan fingerprint density at radius 3 is 2.21 bits per heavy atom. The number of hydrogen-bond acceptors (Lipinski definition) is 13. The van der Waals surface area contributed by atoms with Crippen LogP contribution in [0.4, 0.5) is 42.4 Å². The summed E-state index contributed by atoms with van der Waals surface area (Å²) in [6.07, 6.45) is -1.51. The lowest BCUT2D eigenvalue weighted by Gasteiger charge is -2.26. The van der Waals surface area contributed by atoms with E-state index in [1.165, 1.54) is 24.3 Å². The van der Waals surface area contributed by atoms with E-state index in [1.807, 2.05) is 12.1 Å². The van der Waals surface area contributed by atoms with E-state index in [-0.39, 0.29) is 17.5 Å². The van der Waals surface area contributed by atoms with Crippen LogP contribution in [0.2, 0.25) is 5.02 Å². The number of hydrogen-bond donors (Lipinski definition) is 7. The van der Waals surface area contributed by atoms with Gasteiger partial charge in [0, 0.05) is 53.4 Å². The summed E-state index contributed by atoms with van der Waals surface area (Å²) in [6, 6.07) is 17.0. The number of halogens is 4. The summed E-state index contributed by atoms with van der Waals surface area (Å²) in [7, 11) is 0. The summed E-state index contributed by atoms with van der Waals surface area (Å²) in [4.78, 5) is 72.3. The molecule has 2 aromatic heterocycles. The van der Waals surface area contributed by atoms with Gasteiger partial charge < -0.3 is 51.0 Å². The molecule has 0 bridgehead atoms. The molecule has 1 aliphatic carbocycles. The number of aromatic nitrogens is 5. The number of morpholine rings is 1. The molecule has 3 aromatic carbocycles. The van der Waals surface area contributed by atoms with Gasteiger partial charge in [0.25, 0.3) is 5.91 Å². The van der Waals surface area contributed by atoms with Crippen molar-refractivity contribution in [3.05, 3.63) is 95.1 Å². The molecule has 3 amide bonds. The first-order valence-corrected chi connectivity index (χ1v) is 19.1. The summed E-state index contributed by atoms with van der Waals surface area (Å²) in [5, 5.41) is 23.2. The SMILES string of the molecule is O=C(NC[C@H](NC(=O)c1ccc(Nc2nc(NC3(c4ccc(Cl)cc4)CC3)nc(OCC(F)(F)F)n2)cc1)C(=O)O)C(=O)Nc1ccc(-c2c[nH]c(N3CCOCC3)n2)cc1. The Morgan fingerprint density at radius 1 is 0.885 bits per heavy atom. The quantitative estimate of drug-likeness (QED) is 0.0720. The van der Waals surface area contributed by atoms with Crippen molar-refractivity contribution in [2.75, 3.05) is 60.3 Å². The molecule has 1 aliphatic heterocycles. The maximum atomic E-state index is 13.0. The molecule has 0 radical (unpaired) electrons. The van der Waals surface area contributed by atoms with Crippen LogP contribution < -0.4 is 36.2 Å². The Labute approximate surface area is 349 Å². The molecule has 5 aromatic rings. The Balaban J connectivity index is 0.924. The predicted octanol–water partition coefficient (Wildman–Crippen LogP) is 4.48. The number of anilines is 5. The van der Waals surface area contributed by atoms with Crippen molar-refractivity contribution < 1.29 is 46.9 Å². The monoisotopic (exact) mass is 863 g/mol. The largest absolute Gasteiger partial charge is 0.480 e. The zero-order valence-electron chi connectivity index (χ0n) is 31.9. The number of carbonyl (C=O) groups is 4. The number of benzene rings is 3. The molecule has 2 fully saturated rings. The third-order valence-electron chi connectivity index (χ3n) is 9.47. The molecule has 61 heavy (non-hydrogen) atoms. The van der Waals surface area contributed by atoms with E-state index in [4.69, 9.17) is 21.1 Å². The lowest BCUT2D eigenvalue weighted by atomic mass is 10.1. The minimum Gasteiger partial charge on any atom is -0.480 e. The molecule has 1 saturated heterocycles. The Kier molecular flexibility index (Phi) is 12.5. The van der Waals surface area contributed by atoms with Gasteiger partial charge in [-0.25, -0.2) is 9.78 Å². The fourth-order valence-electron chi connectivity index (χ4n) is 6.13. The number of aliphatic carboxylic acids is 1. The van der Waals surface area contributed by atoms with Gasteiger partial charge in [0.2, 0.25) is 17.8 Å². The molecular formula is C39H37ClF3N11O7. The van der Waals surface area contributed by atoms with Crippen LogP contribution in [0.5, 0.6) is 6.01 Å². The van der Waals surface area contributed by atoms with E-state index < -0.39 is 60.6 Å². The Morgan fingerprint density at radius 2 is 1.56 bits per heavy atom. The van der Waals surface area contributed by atoms with Crippen molar-refractivity contribution in [2.45, 2.75) is 30.6 Å². The van der Waals surface area contributed by atoms with Gasteiger partial charge in [-0.1, -0.05) is 35.9 Å². The van der Waals surface area contributed by atoms with Crippen molar-refractivity contribution in [1.29, 1.82) is 0 Å². The van der Waals surface area contributed by atoms with Crippen molar-refractivity contribution in [2.24, 2.45) is 0 Å². The van der Waals surface area contributed by atoms with Crippen molar-refractivity contribution in [3.8, 4) is 17.3 Å². The normalized spacial score (nSPS) is 14.9. The number of H-pyrrole nitrogens is 1. The molecule has 3 heterocycles. The van der Waals surface area contributed by atoms with E-state index in [2.05, 4.69) is 56.4 Å². The molecular weight excluding hydrogens is 827 g/mol. The highest BCUT2D eigenvalue weighted by Gasteiger charge is 2.45. The van der Waals surface area contributed by atoms with Crippen molar-refractivity contribution >= 4 is 64.5 Å². The molecule has 318 valence electrons. The molecule has 1 atom stereocenters. The zero-order chi connectivity index (χ0) is 43.1. The van der Waals surface area contributed by atoms with Gasteiger partial charge >= 0.3 is 30.0 Å². The minimum absolute atomic E-state index is 0.0160. The summed E-state index contributed by atoms with van der Waals surface area (Å²) in [6.45, 7) is 0.388. The summed E-state index contributed by atoms with van der Waals surface area (Å²) >= 11 is 6.03. The van der Waals surface area contributed by atoms with E-state index in [1.54, 1.807) is 42.6 Å². The van der Waals surface area contributed by atoms with E-state index in [9.17, 15) is 37.5 Å². The number of aromatic amines is 1. The average molecular weight is 864 g/mol. The van der Waals surface area contributed by atoms with E-state index in [0.717, 1.165) is 11.1 Å². The van der Waals surface area contributed by atoms with Crippen LogP contribution in [0.3, 0.4) is 0 Å². The summed E-state index contributed by atoms with van der Waals surface area (Å²) in [5.41, 5.74) is 2.36. The smallest absolute Gasteiger partial charge is 0.422 e. The Bertz CT molecular complexity index is 2370. The summed E-state index contributed by atoms with van der Waals surface area (Å²) < 4.78 is 49.1. The Hall–Kier alpha value is -7.00. The molecule has 7 rings (SSSR count). The van der Waals surface area contributed by atoms with Crippen LogP contribution in [-0.4, -0.2) is 105 Å². The van der Waals surface area contributed by atoms with E-state index >= 15 is 0 Å². The maximum Gasteiger partial charge on any atom is 0.422 e. The standard InChI is InChI=1S/C39H37ClF3N11O7/c40-25-7-5-24(6-8-25)38(13-14-38)53-35-50-34(51-37(52-35)61-21-39(41,42)43)47-27-11-3-23(4-12-27)30(55)48-29(33(58)59)20-44-31(56)32(57)46-26-9-1-22(2-10-26)28-19-45-36(49-28)54-15-17-60-18-16-54/h1-12,19,29H,13-18,20-21H2,(H,44,56)(H,45,49)(H,46,57)(H,48,55)(H,58,59)(H2,47,50,51,52,53)/t29-/m0/s1. The second-order valence-corrected chi connectivity index (χ2v) is 14.3. The van der Waals surface area contributed by atoms with Gasteiger partial charge in [-0.15, -0.1) is 0 Å². The molecule has 0 unspecified atom stereocenters. The number of nitrogens with zero attached hydrogens (tertiary/aromatic N) is 5. The lowest BCUT2D eigenvalue weighted by Crippen LogP contribution is -2.50. The second-order valence-electron chi connectivity index (χ2n) is 13.9. The number of nitrogens with one attached hydrogen (secondary N) is 6. The number of carboxylic acid groups (broad SMARTS) is 1. The molecule has 1 saturated carbocycles. The van der Waals surface area contributed by atoms with Crippen LogP contribution in [0, 0.1) is 0 Å². The molecule has 18 nitrogen and oxygen atoms in total. The van der Waals surface area contributed by atoms with Gasteiger partial charge in [-0.2, -0.15) is 28.1 Å². The van der Waals surface area contributed by atoms with Crippen LogP contribution in [0.15, 0.2) is 79.0 Å². The van der Waals surface area contributed by atoms with Crippen molar-refractivity contribution in [3.63, 3.8) is 0 Å². The average Bonchev–Trinajstić information content (AvgIpc) is 3.85. The van der Waals surface area contributed by atoms with Crippen LogP contribution in [-0.2, 0) is 24.7 Å². The van der Waals surface area contributed by atoms with Gasteiger partial charge in [0.1, 0.15) is 6.04 Å². The first-order chi connectivity index (χ1) is 29.2. The number of rotatable bonds is 15. The molecule has 0 spiro atoms. The highest BCUT2D eigenvalue weighted by Crippen LogP contribution is 2.48. The fraction of sp³-hybridized carbons (Fsp3) is 0.282. The maximum absolute atomic E-state index is 13.0. The first-order valence-electron chi connectivity index (χ1n) is 18.7. The topological polar surface area (TPSA) is 238 Å². The number of imidazole rings is 1. The van der Waals surface area contributed by atoms with Gasteiger partial charge in [0.05, 0.1) is 24.4 Å². The van der Waals surface area contributed by atoms with Gasteiger partial charge in [-0.05, 0) is 66.9 Å².